The van der Waals surface area contributed by atoms with Crippen LogP contribution in [0.5, 0.6) is 0 Å². The second kappa shape index (κ2) is 10.0. The number of benzene rings is 1. The van der Waals surface area contributed by atoms with Gasteiger partial charge in [0.25, 0.3) is 0 Å². The lowest BCUT2D eigenvalue weighted by Crippen LogP contribution is -2.22. The van der Waals surface area contributed by atoms with Gasteiger partial charge in [-0.3, -0.25) is 4.79 Å². The van der Waals surface area contributed by atoms with Gasteiger partial charge in [-0.25, -0.2) is 0 Å². The highest BCUT2D eigenvalue weighted by Crippen LogP contribution is 2.17. The summed E-state index contributed by atoms with van der Waals surface area (Å²) >= 11 is 0. The van der Waals surface area contributed by atoms with Gasteiger partial charge >= 0.3 is 0 Å². The van der Waals surface area contributed by atoms with Gasteiger partial charge in [-0.05, 0) is 37.1 Å². The minimum absolute atomic E-state index is 0.0807. The quantitative estimate of drug-likeness (QED) is 0.753. The topological polar surface area (TPSA) is 49.3 Å². The van der Waals surface area contributed by atoms with Crippen molar-refractivity contribution in [2.24, 2.45) is 5.92 Å². The van der Waals surface area contributed by atoms with Crippen LogP contribution in [0.15, 0.2) is 24.3 Å². The van der Waals surface area contributed by atoms with Crippen LogP contribution in [0.1, 0.15) is 51.5 Å². The van der Waals surface area contributed by atoms with E-state index in [2.05, 4.69) is 31.0 Å². The third-order valence-corrected chi connectivity index (χ3v) is 3.27. The van der Waals surface area contributed by atoms with Crippen LogP contribution in [0.25, 0.3) is 0 Å². The maximum absolute atomic E-state index is 12.2. The molecule has 0 saturated heterocycles. The summed E-state index contributed by atoms with van der Waals surface area (Å²) in [5, 5.41) is 11.7. The van der Waals surface area contributed by atoms with Crippen LogP contribution >= 0.6 is 0 Å². The number of hydrogen-bond acceptors (Lipinski definition) is 2. The zero-order valence-electron chi connectivity index (χ0n) is 13.0. The summed E-state index contributed by atoms with van der Waals surface area (Å²) in [6.07, 6.45) is 4.40. The smallest absolute Gasteiger partial charge is 0.227 e. The van der Waals surface area contributed by atoms with E-state index in [0.717, 1.165) is 36.9 Å². The van der Waals surface area contributed by atoms with Crippen molar-refractivity contribution in [3.8, 4) is 11.8 Å². The predicted octanol–water partition coefficient (Wildman–Crippen LogP) is 3.58. The van der Waals surface area contributed by atoms with Crippen molar-refractivity contribution in [2.45, 2.75) is 46.0 Å². The fraction of sp³-hybridized carbons (Fsp3) is 0.500. The van der Waals surface area contributed by atoms with E-state index in [4.69, 9.17) is 5.11 Å². The van der Waals surface area contributed by atoms with Crippen molar-refractivity contribution < 1.29 is 9.90 Å². The van der Waals surface area contributed by atoms with E-state index in [1.165, 1.54) is 0 Å². The van der Waals surface area contributed by atoms with Crippen LogP contribution in [0.4, 0.5) is 5.69 Å². The Balaban J connectivity index is 2.62. The van der Waals surface area contributed by atoms with E-state index in [1.54, 1.807) is 0 Å². The first-order chi connectivity index (χ1) is 10.2. The number of carbonyl (C=O) groups is 1. The van der Waals surface area contributed by atoms with E-state index in [1.807, 2.05) is 24.3 Å². The average Bonchev–Trinajstić information content (AvgIpc) is 2.49. The first-order valence-corrected chi connectivity index (χ1v) is 7.71. The number of aliphatic hydroxyl groups excluding tert-OH is 1. The lowest BCUT2D eigenvalue weighted by molar-refractivity contribution is -0.120. The molecule has 114 valence electrons. The van der Waals surface area contributed by atoms with Gasteiger partial charge in [0.05, 0.1) is 6.61 Å². The zero-order valence-corrected chi connectivity index (χ0v) is 13.0. The summed E-state index contributed by atoms with van der Waals surface area (Å²) in [5.74, 6) is 6.05. The van der Waals surface area contributed by atoms with Crippen LogP contribution < -0.4 is 5.32 Å². The van der Waals surface area contributed by atoms with Crippen molar-refractivity contribution in [3.05, 3.63) is 29.8 Å². The number of anilines is 1. The van der Waals surface area contributed by atoms with Crippen molar-refractivity contribution in [1.82, 2.24) is 0 Å². The number of hydrogen-bond donors (Lipinski definition) is 2. The molecule has 0 aromatic heterocycles. The first-order valence-electron chi connectivity index (χ1n) is 7.71. The van der Waals surface area contributed by atoms with Crippen LogP contribution in [-0.2, 0) is 4.79 Å². The molecule has 0 aliphatic heterocycles. The second-order valence-corrected chi connectivity index (χ2v) is 5.12. The normalized spacial score (nSPS) is 10.1. The zero-order chi connectivity index (χ0) is 15.5. The monoisotopic (exact) mass is 287 g/mol. The Morgan fingerprint density at radius 3 is 2.33 bits per heavy atom. The molecule has 0 radical (unpaired) electrons. The van der Waals surface area contributed by atoms with E-state index in [0.29, 0.717) is 6.42 Å². The molecule has 0 aliphatic rings. The van der Waals surface area contributed by atoms with Gasteiger partial charge in [0.2, 0.25) is 5.91 Å². The molecule has 0 bridgehead atoms. The summed E-state index contributed by atoms with van der Waals surface area (Å²) < 4.78 is 0. The summed E-state index contributed by atoms with van der Waals surface area (Å²) in [6.45, 7) is 4.29. The van der Waals surface area contributed by atoms with Crippen LogP contribution in [0.3, 0.4) is 0 Å². The molecule has 0 saturated carbocycles. The van der Waals surface area contributed by atoms with Gasteiger partial charge in [-0.1, -0.05) is 38.5 Å². The van der Waals surface area contributed by atoms with Crippen molar-refractivity contribution in [3.63, 3.8) is 0 Å². The third-order valence-electron chi connectivity index (χ3n) is 3.27. The van der Waals surface area contributed by atoms with E-state index in [-0.39, 0.29) is 18.4 Å². The Kier molecular flexibility index (Phi) is 8.23. The highest BCUT2D eigenvalue weighted by atomic mass is 16.2. The van der Waals surface area contributed by atoms with Crippen LogP contribution in [0.2, 0.25) is 0 Å². The molecule has 0 aliphatic carbocycles. The number of nitrogens with one attached hydrogen (secondary N) is 1. The lowest BCUT2D eigenvalue weighted by Gasteiger charge is -2.15. The fourth-order valence-corrected chi connectivity index (χ4v) is 2.21. The average molecular weight is 287 g/mol. The molecule has 1 rings (SSSR count). The summed E-state index contributed by atoms with van der Waals surface area (Å²) in [6, 6.07) is 7.51. The first kappa shape index (κ1) is 17.3. The largest absolute Gasteiger partial charge is 0.395 e. The molecular weight excluding hydrogens is 262 g/mol. The molecule has 0 spiro atoms. The van der Waals surface area contributed by atoms with Gasteiger partial charge in [0, 0.05) is 23.6 Å². The minimum Gasteiger partial charge on any atom is -0.395 e. The van der Waals surface area contributed by atoms with E-state index < -0.39 is 0 Å². The predicted molar refractivity (Wildman–Crippen MR) is 87.0 cm³/mol. The van der Waals surface area contributed by atoms with Gasteiger partial charge in [0.15, 0.2) is 0 Å². The van der Waals surface area contributed by atoms with Gasteiger partial charge in [-0.15, -0.1) is 0 Å². The Hall–Kier alpha value is -1.79. The molecule has 0 unspecified atom stereocenters. The molecule has 1 aromatic rings. The molecule has 2 N–H and O–H groups in total. The molecule has 3 nitrogen and oxygen atoms in total. The third kappa shape index (κ3) is 6.46. The van der Waals surface area contributed by atoms with Gasteiger partial charge < -0.3 is 10.4 Å². The van der Waals surface area contributed by atoms with Crippen LogP contribution in [-0.4, -0.2) is 17.6 Å². The summed E-state index contributed by atoms with van der Waals surface area (Å²) in [4.78, 5) is 12.2. The summed E-state index contributed by atoms with van der Waals surface area (Å²) in [7, 11) is 0. The standard InChI is InChI=1S/C18H25NO2/c1-3-7-16(8-4-2)18(21)19-17-12-10-15(11-13-17)9-5-6-14-20/h10-13,16,20H,3-4,6-8,14H2,1-2H3,(H,19,21). The van der Waals surface area contributed by atoms with Crippen molar-refractivity contribution >= 4 is 11.6 Å². The Bertz CT molecular complexity index is 476. The summed E-state index contributed by atoms with van der Waals surface area (Å²) in [5.41, 5.74) is 1.70. The van der Waals surface area contributed by atoms with Crippen molar-refractivity contribution in [2.75, 3.05) is 11.9 Å². The van der Waals surface area contributed by atoms with Crippen molar-refractivity contribution in [1.29, 1.82) is 0 Å². The molecule has 3 heteroatoms. The van der Waals surface area contributed by atoms with Gasteiger partial charge in [0.1, 0.15) is 0 Å². The maximum atomic E-state index is 12.2. The highest BCUT2D eigenvalue weighted by Gasteiger charge is 2.16. The Morgan fingerprint density at radius 2 is 1.81 bits per heavy atom. The number of carbonyl (C=O) groups excluding carboxylic acids is 1. The number of amides is 1. The van der Waals surface area contributed by atoms with Gasteiger partial charge in [-0.2, -0.15) is 0 Å². The number of aliphatic hydroxyl groups is 1. The second-order valence-electron chi connectivity index (χ2n) is 5.12. The Labute approximate surface area is 127 Å². The molecule has 0 heterocycles. The highest BCUT2D eigenvalue weighted by molar-refractivity contribution is 5.92. The SMILES string of the molecule is CCCC(CCC)C(=O)Nc1ccc(C#CCCO)cc1. The van der Waals surface area contributed by atoms with E-state index >= 15 is 0 Å². The minimum atomic E-state index is 0.0807. The molecule has 1 aromatic carbocycles. The van der Waals surface area contributed by atoms with Crippen LogP contribution in [0, 0.1) is 17.8 Å². The fourth-order valence-electron chi connectivity index (χ4n) is 2.21. The van der Waals surface area contributed by atoms with E-state index in [9.17, 15) is 4.79 Å². The molecule has 1 amide bonds. The maximum Gasteiger partial charge on any atom is 0.227 e. The molecule has 0 fully saturated rings. The lowest BCUT2D eigenvalue weighted by atomic mass is 9.97. The Morgan fingerprint density at radius 1 is 1.19 bits per heavy atom. The number of rotatable bonds is 7. The molecule has 21 heavy (non-hydrogen) atoms. The molecule has 0 atom stereocenters. The molecular formula is C18H25NO2.